The highest BCUT2D eigenvalue weighted by Gasteiger charge is 2.54. The molecule has 1 atom stereocenters. The molecule has 2 aromatic rings. The van der Waals surface area contributed by atoms with Gasteiger partial charge < -0.3 is 14.2 Å². The van der Waals surface area contributed by atoms with Gasteiger partial charge in [-0.2, -0.15) is 4.31 Å². The second kappa shape index (κ2) is 10.6. The van der Waals surface area contributed by atoms with Crippen LogP contribution < -0.4 is 9.64 Å². The van der Waals surface area contributed by atoms with Gasteiger partial charge in [0.25, 0.3) is 11.7 Å². The Hall–Kier alpha value is -3.04. The van der Waals surface area contributed by atoms with E-state index in [4.69, 9.17) is 20.6 Å². The number of ether oxygens (including phenoxy) is 3. The number of carbonyl (C=O) groups excluding carboxylic acids is 1. The standard InChI is InChI=1S/C27H28F2N2O6S/c1-2-12-30-24-10-9-21(17-22(24)27(26(30)32)36-14-4-3-5-15-37-27)38(33,34)31-13-6-7-20(31)18-35-25-11-8-19(28)16-23(25)29/h1,8-11,16-17,20H,3-7,12-15,18H2/t20-/m0/s1. The summed E-state index contributed by atoms with van der Waals surface area (Å²) in [5, 5.41) is 0. The third kappa shape index (κ3) is 4.66. The van der Waals surface area contributed by atoms with Crippen molar-refractivity contribution in [1.82, 2.24) is 4.31 Å². The van der Waals surface area contributed by atoms with Gasteiger partial charge in [-0.3, -0.25) is 9.69 Å². The molecule has 202 valence electrons. The minimum absolute atomic E-state index is 0.0160. The van der Waals surface area contributed by atoms with Gasteiger partial charge in [-0.25, -0.2) is 17.2 Å². The van der Waals surface area contributed by atoms with Crippen molar-refractivity contribution in [3.8, 4) is 18.1 Å². The topological polar surface area (TPSA) is 85.4 Å². The highest BCUT2D eigenvalue weighted by Crippen LogP contribution is 2.46. The van der Waals surface area contributed by atoms with E-state index in [9.17, 15) is 22.0 Å². The molecule has 0 unspecified atom stereocenters. The van der Waals surface area contributed by atoms with Crippen LogP contribution in [0.15, 0.2) is 41.3 Å². The van der Waals surface area contributed by atoms with E-state index < -0.39 is 39.4 Å². The van der Waals surface area contributed by atoms with Crippen molar-refractivity contribution in [2.75, 3.05) is 37.8 Å². The van der Waals surface area contributed by atoms with Crippen molar-refractivity contribution in [1.29, 1.82) is 0 Å². The molecule has 1 spiro atoms. The molecule has 0 N–H and O–H groups in total. The summed E-state index contributed by atoms with van der Waals surface area (Å²) >= 11 is 0. The molecule has 3 aliphatic heterocycles. The quantitative estimate of drug-likeness (QED) is 0.516. The van der Waals surface area contributed by atoms with Crippen LogP contribution in [0.4, 0.5) is 14.5 Å². The van der Waals surface area contributed by atoms with Gasteiger partial charge in [0.15, 0.2) is 11.6 Å². The second-order valence-corrected chi connectivity index (χ2v) is 11.3. The highest BCUT2D eigenvalue weighted by molar-refractivity contribution is 7.89. The fourth-order valence-corrected chi connectivity index (χ4v) is 6.87. The van der Waals surface area contributed by atoms with Crippen LogP contribution in [-0.4, -0.2) is 57.6 Å². The van der Waals surface area contributed by atoms with Gasteiger partial charge in [-0.15, -0.1) is 6.42 Å². The molecule has 0 aromatic heterocycles. The van der Waals surface area contributed by atoms with Gasteiger partial charge in [0.2, 0.25) is 10.0 Å². The van der Waals surface area contributed by atoms with Crippen molar-refractivity contribution in [3.63, 3.8) is 0 Å². The van der Waals surface area contributed by atoms with Gasteiger partial charge in [-0.05, 0) is 62.4 Å². The normalized spacial score (nSPS) is 21.7. The van der Waals surface area contributed by atoms with Crippen LogP contribution in [0, 0.1) is 24.0 Å². The molecule has 5 rings (SSSR count). The summed E-state index contributed by atoms with van der Waals surface area (Å²) in [6.07, 6.45) is 8.98. The van der Waals surface area contributed by atoms with E-state index in [1.807, 2.05) is 0 Å². The van der Waals surface area contributed by atoms with Crippen LogP contribution in [0.1, 0.15) is 37.7 Å². The van der Waals surface area contributed by atoms with E-state index in [-0.39, 0.29) is 43.6 Å². The molecule has 3 heterocycles. The lowest BCUT2D eigenvalue weighted by atomic mass is 10.1. The van der Waals surface area contributed by atoms with Gasteiger partial charge in [0.05, 0.1) is 36.4 Å². The number of rotatable bonds is 6. The molecule has 3 aliphatic rings. The predicted molar refractivity (Wildman–Crippen MR) is 134 cm³/mol. The summed E-state index contributed by atoms with van der Waals surface area (Å²) in [6.45, 7) is 0.684. The number of carbonyl (C=O) groups is 1. The van der Waals surface area contributed by atoms with Crippen LogP contribution in [0.2, 0.25) is 0 Å². The number of benzene rings is 2. The maximum absolute atomic E-state index is 14.0. The maximum atomic E-state index is 14.0. The number of anilines is 1. The molecular weight excluding hydrogens is 518 g/mol. The van der Waals surface area contributed by atoms with E-state index in [0.717, 1.165) is 25.3 Å². The lowest BCUT2D eigenvalue weighted by Gasteiger charge is -2.30. The van der Waals surface area contributed by atoms with Crippen LogP contribution in [-0.2, 0) is 30.1 Å². The first-order chi connectivity index (χ1) is 18.3. The zero-order valence-corrected chi connectivity index (χ0v) is 21.5. The Bertz CT molecular complexity index is 1370. The summed E-state index contributed by atoms with van der Waals surface area (Å²) in [5.41, 5.74) is 0.752. The Balaban J connectivity index is 1.45. The number of fused-ring (bicyclic) bond motifs is 2. The largest absolute Gasteiger partial charge is 0.489 e. The molecule has 0 bridgehead atoms. The molecule has 0 radical (unpaired) electrons. The number of terminal acetylenes is 1. The third-order valence-corrected chi connectivity index (χ3v) is 8.99. The van der Waals surface area contributed by atoms with Gasteiger partial charge in [0, 0.05) is 18.2 Å². The smallest absolute Gasteiger partial charge is 0.293 e. The summed E-state index contributed by atoms with van der Waals surface area (Å²) < 4.78 is 73.7. The number of sulfonamides is 1. The average molecular weight is 547 g/mol. The van der Waals surface area contributed by atoms with Crippen molar-refractivity contribution in [2.45, 2.75) is 48.8 Å². The van der Waals surface area contributed by atoms with Gasteiger partial charge in [0.1, 0.15) is 12.4 Å². The Kier molecular flexibility index (Phi) is 7.42. The van der Waals surface area contributed by atoms with E-state index in [0.29, 0.717) is 30.2 Å². The van der Waals surface area contributed by atoms with E-state index in [1.165, 1.54) is 27.4 Å². The van der Waals surface area contributed by atoms with Crippen molar-refractivity contribution < 1.29 is 36.2 Å². The summed E-state index contributed by atoms with van der Waals surface area (Å²) in [4.78, 5) is 14.8. The maximum Gasteiger partial charge on any atom is 0.293 e. The zero-order valence-electron chi connectivity index (χ0n) is 20.7. The van der Waals surface area contributed by atoms with Gasteiger partial charge >= 0.3 is 0 Å². The van der Waals surface area contributed by atoms with E-state index in [1.54, 1.807) is 6.07 Å². The first kappa shape index (κ1) is 26.6. The number of hydrogen-bond acceptors (Lipinski definition) is 6. The van der Waals surface area contributed by atoms with Crippen LogP contribution in [0.25, 0.3) is 0 Å². The van der Waals surface area contributed by atoms with Crippen molar-refractivity contribution in [3.05, 3.63) is 53.6 Å². The SMILES string of the molecule is C#CCN1C(=O)C2(OCCCCCO2)c2cc(S(=O)(=O)N3CCC[C@H]3COc3ccc(F)cc3F)ccc21. The average Bonchev–Trinajstić information content (AvgIpc) is 3.44. The fourth-order valence-electron chi connectivity index (χ4n) is 5.16. The molecular formula is C27H28F2N2O6S. The number of nitrogens with zero attached hydrogens (tertiary/aromatic N) is 2. The first-order valence-corrected chi connectivity index (χ1v) is 14.0. The molecule has 38 heavy (non-hydrogen) atoms. The zero-order chi connectivity index (χ0) is 26.9. The van der Waals surface area contributed by atoms with Crippen LogP contribution in [0.5, 0.6) is 5.75 Å². The van der Waals surface area contributed by atoms with E-state index in [2.05, 4.69) is 5.92 Å². The Morgan fingerprint density at radius 1 is 1.08 bits per heavy atom. The molecule has 2 aromatic carbocycles. The lowest BCUT2D eigenvalue weighted by Crippen LogP contribution is -2.45. The Labute approximate surface area is 220 Å². The lowest BCUT2D eigenvalue weighted by molar-refractivity contribution is -0.237. The third-order valence-electron chi connectivity index (χ3n) is 7.04. The van der Waals surface area contributed by atoms with Crippen LogP contribution in [0.3, 0.4) is 0 Å². The minimum atomic E-state index is -4.03. The van der Waals surface area contributed by atoms with Crippen molar-refractivity contribution in [2.24, 2.45) is 0 Å². The van der Waals surface area contributed by atoms with E-state index >= 15 is 0 Å². The fraction of sp³-hybridized carbons (Fsp3) is 0.444. The predicted octanol–water partition coefficient (Wildman–Crippen LogP) is 3.55. The molecule has 1 amide bonds. The molecule has 0 aliphatic carbocycles. The molecule has 2 saturated heterocycles. The summed E-state index contributed by atoms with van der Waals surface area (Å²) in [5.74, 6) is -1.51. The summed E-state index contributed by atoms with van der Waals surface area (Å²) in [7, 11) is -4.03. The molecule has 11 heteroatoms. The molecule has 2 fully saturated rings. The second-order valence-electron chi connectivity index (χ2n) is 9.45. The Morgan fingerprint density at radius 2 is 1.84 bits per heavy atom. The highest BCUT2D eigenvalue weighted by atomic mass is 32.2. The molecule has 8 nitrogen and oxygen atoms in total. The van der Waals surface area contributed by atoms with Gasteiger partial charge in [-0.1, -0.05) is 5.92 Å². The first-order valence-electron chi connectivity index (χ1n) is 12.6. The summed E-state index contributed by atoms with van der Waals surface area (Å²) in [6, 6.07) is 6.81. The monoisotopic (exact) mass is 546 g/mol. The number of amides is 1. The van der Waals surface area contributed by atoms with Crippen LogP contribution >= 0.6 is 0 Å². The Morgan fingerprint density at radius 3 is 2.55 bits per heavy atom. The number of hydrogen-bond donors (Lipinski definition) is 0. The minimum Gasteiger partial charge on any atom is -0.489 e. The number of halogens is 2. The van der Waals surface area contributed by atoms with Crippen molar-refractivity contribution >= 4 is 21.6 Å². The molecule has 0 saturated carbocycles.